The molecule has 26 heavy (non-hydrogen) atoms. The van der Waals surface area contributed by atoms with Gasteiger partial charge in [-0.2, -0.15) is 5.26 Å². The number of benzene rings is 2. The van der Waals surface area contributed by atoms with Crippen molar-refractivity contribution in [2.45, 2.75) is 25.7 Å². The predicted octanol–water partition coefficient (Wildman–Crippen LogP) is 4.05. The summed E-state index contributed by atoms with van der Waals surface area (Å²) in [5.74, 6) is 1.59. The van der Waals surface area contributed by atoms with E-state index in [-0.39, 0.29) is 5.91 Å². The molecule has 0 aliphatic carbocycles. The average molecular weight is 348 g/mol. The average Bonchev–Trinajstić information content (AvgIpc) is 2.72. The molecule has 0 aromatic heterocycles. The SMILES string of the molecule is COc1ccc(CCC2CCN(C(=O)c3cccc(C#N)c3)CC2)cc1. The second kappa shape index (κ2) is 8.53. The van der Waals surface area contributed by atoms with Gasteiger partial charge in [0.1, 0.15) is 5.75 Å². The topological polar surface area (TPSA) is 53.3 Å². The quantitative estimate of drug-likeness (QED) is 0.819. The van der Waals surface area contributed by atoms with Gasteiger partial charge in [0.15, 0.2) is 0 Å². The van der Waals surface area contributed by atoms with E-state index < -0.39 is 0 Å². The molecule has 134 valence electrons. The molecular formula is C22H24N2O2. The molecular weight excluding hydrogens is 324 g/mol. The lowest BCUT2D eigenvalue weighted by Gasteiger charge is -2.32. The number of likely N-dealkylation sites (tertiary alicyclic amines) is 1. The molecule has 4 heteroatoms. The van der Waals surface area contributed by atoms with Gasteiger partial charge in [0.05, 0.1) is 18.7 Å². The molecule has 0 radical (unpaired) electrons. The summed E-state index contributed by atoms with van der Waals surface area (Å²) >= 11 is 0. The van der Waals surface area contributed by atoms with Crippen LogP contribution in [0.5, 0.6) is 5.75 Å². The second-order valence-electron chi connectivity index (χ2n) is 6.81. The first-order chi connectivity index (χ1) is 12.7. The summed E-state index contributed by atoms with van der Waals surface area (Å²) in [6.45, 7) is 1.59. The highest BCUT2D eigenvalue weighted by molar-refractivity contribution is 5.94. The van der Waals surface area contributed by atoms with Crippen molar-refractivity contribution >= 4 is 5.91 Å². The monoisotopic (exact) mass is 348 g/mol. The van der Waals surface area contributed by atoms with Gasteiger partial charge >= 0.3 is 0 Å². The van der Waals surface area contributed by atoms with Crippen LogP contribution >= 0.6 is 0 Å². The Labute approximate surface area is 155 Å². The zero-order valence-corrected chi connectivity index (χ0v) is 15.1. The van der Waals surface area contributed by atoms with Gasteiger partial charge in [-0.15, -0.1) is 0 Å². The van der Waals surface area contributed by atoms with Crippen LogP contribution < -0.4 is 4.74 Å². The number of hydrogen-bond donors (Lipinski definition) is 0. The molecule has 0 bridgehead atoms. The molecule has 0 spiro atoms. The Hall–Kier alpha value is -2.80. The number of hydrogen-bond acceptors (Lipinski definition) is 3. The Balaban J connectivity index is 1.49. The minimum absolute atomic E-state index is 0.0377. The third-order valence-corrected chi connectivity index (χ3v) is 5.14. The van der Waals surface area contributed by atoms with E-state index >= 15 is 0 Å². The number of ether oxygens (including phenoxy) is 1. The van der Waals surface area contributed by atoms with E-state index in [0.717, 1.165) is 44.5 Å². The van der Waals surface area contributed by atoms with Gasteiger partial charge in [-0.05, 0) is 67.5 Å². The van der Waals surface area contributed by atoms with Crippen molar-refractivity contribution in [3.05, 3.63) is 65.2 Å². The van der Waals surface area contributed by atoms with Gasteiger partial charge < -0.3 is 9.64 Å². The molecule has 4 nitrogen and oxygen atoms in total. The lowest BCUT2D eigenvalue weighted by atomic mass is 9.90. The summed E-state index contributed by atoms with van der Waals surface area (Å²) < 4.78 is 5.19. The molecule has 0 atom stereocenters. The highest BCUT2D eigenvalue weighted by atomic mass is 16.5. The maximum atomic E-state index is 12.6. The first-order valence-electron chi connectivity index (χ1n) is 9.12. The van der Waals surface area contributed by atoms with Gasteiger partial charge in [0.2, 0.25) is 0 Å². The van der Waals surface area contributed by atoms with E-state index in [0.29, 0.717) is 17.0 Å². The number of amides is 1. The molecule has 1 heterocycles. The van der Waals surface area contributed by atoms with Crippen LogP contribution in [0.25, 0.3) is 0 Å². The van der Waals surface area contributed by atoms with Crippen molar-refractivity contribution in [3.8, 4) is 11.8 Å². The summed E-state index contributed by atoms with van der Waals surface area (Å²) in [6.07, 6.45) is 4.30. The highest BCUT2D eigenvalue weighted by Gasteiger charge is 2.23. The standard InChI is InChI=1S/C22H24N2O2/c1-26-21-9-7-17(8-10-21)5-6-18-11-13-24(14-12-18)22(25)20-4-2-3-19(15-20)16-23/h2-4,7-10,15,18H,5-6,11-14H2,1H3. The number of rotatable bonds is 5. The van der Waals surface area contributed by atoms with E-state index in [1.54, 1.807) is 31.4 Å². The summed E-state index contributed by atoms with van der Waals surface area (Å²) in [5, 5.41) is 8.99. The Morgan fingerprint density at radius 1 is 1.19 bits per heavy atom. The first-order valence-corrected chi connectivity index (χ1v) is 9.12. The van der Waals surface area contributed by atoms with Crippen molar-refractivity contribution in [3.63, 3.8) is 0 Å². The van der Waals surface area contributed by atoms with E-state index in [1.807, 2.05) is 17.0 Å². The molecule has 1 aliphatic rings. The van der Waals surface area contributed by atoms with E-state index in [2.05, 4.69) is 18.2 Å². The summed E-state index contributed by atoms with van der Waals surface area (Å²) in [7, 11) is 1.68. The molecule has 1 aliphatic heterocycles. The summed E-state index contributed by atoms with van der Waals surface area (Å²) in [4.78, 5) is 14.5. The molecule has 0 saturated carbocycles. The Morgan fingerprint density at radius 2 is 1.92 bits per heavy atom. The number of carbonyl (C=O) groups excluding carboxylic acids is 1. The number of aryl methyl sites for hydroxylation is 1. The highest BCUT2D eigenvalue weighted by Crippen LogP contribution is 2.24. The van der Waals surface area contributed by atoms with Crippen molar-refractivity contribution in [1.29, 1.82) is 5.26 Å². The van der Waals surface area contributed by atoms with Gasteiger partial charge in [0, 0.05) is 18.7 Å². The molecule has 1 fully saturated rings. The third kappa shape index (κ3) is 4.43. The van der Waals surface area contributed by atoms with E-state index in [4.69, 9.17) is 10.00 Å². The van der Waals surface area contributed by atoms with Crippen molar-refractivity contribution < 1.29 is 9.53 Å². The molecule has 3 rings (SSSR count). The van der Waals surface area contributed by atoms with Crippen LogP contribution in [0.2, 0.25) is 0 Å². The lowest BCUT2D eigenvalue weighted by molar-refractivity contribution is 0.0687. The van der Waals surface area contributed by atoms with Gasteiger partial charge in [-0.25, -0.2) is 0 Å². The molecule has 2 aromatic carbocycles. The molecule has 0 N–H and O–H groups in total. The summed E-state index contributed by atoms with van der Waals surface area (Å²) in [5.41, 5.74) is 2.48. The first kappa shape index (κ1) is 18.0. The molecule has 1 saturated heterocycles. The number of nitriles is 1. The number of piperidine rings is 1. The smallest absolute Gasteiger partial charge is 0.253 e. The van der Waals surface area contributed by atoms with E-state index in [1.165, 1.54) is 5.56 Å². The maximum absolute atomic E-state index is 12.6. The maximum Gasteiger partial charge on any atom is 0.253 e. The van der Waals surface area contributed by atoms with Gasteiger partial charge in [0.25, 0.3) is 5.91 Å². The molecule has 1 amide bonds. The fraction of sp³-hybridized carbons (Fsp3) is 0.364. The van der Waals surface area contributed by atoms with Crippen LogP contribution in [0.3, 0.4) is 0 Å². The molecule has 2 aromatic rings. The second-order valence-corrected chi connectivity index (χ2v) is 6.81. The summed E-state index contributed by atoms with van der Waals surface area (Å²) in [6, 6.07) is 17.3. The predicted molar refractivity (Wildman–Crippen MR) is 101 cm³/mol. The largest absolute Gasteiger partial charge is 0.497 e. The van der Waals surface area contributed by atoms with Crippen molar-refractivity contribution in [1.82, 2.24) is 4.90 Å². The van der Waals surface area contributed by atoms with Gasteiger partial charge in [-0.1, -0.05) is 18.2 Å². The van der Waals surface area contributed by atoms with Crippen LogP contribution in [0.4, 0.5) is 0 Å². The third-order valence-electron chi connectivity index (χ3n) is 5.14. The van der Waals surface area contributed by atoms with Crippen molar-refractivity contribution in [2.24, 2.45) is 5.92 Å². The number of nitrogens with zero attached hydrogens (tertiary/aromatic N) is 2. The lowest BCUT2D eigenvalue weighted by Crippen LogP contribution is -2.38. The Morgan fingerprint density at radius 3 is 2.58 bits per heavy atom. The minimum Gasteiger partial charge on any atom is -0.497 e. The minimum atomic E-state index is 0.0377. The fourth-order valence-electron chi connectivity index (χ4n) is 3.49. The fourth-order valence-corrected chi connectivity index (χ4v) is 3.49. The number of methoxy groups -OCH3 is 1. The van der Waals surface area contributed by atoms with Crippen LogP contribution in [0.1, 0.15) is 40.7 Å². The Kier molecular flexibility index (Phi) is 5.91. The van der Waals surface area contributed by atoms with Crippen LogP contribution in [0, 0.1) is 17.2 Å². The van der Waals surface area contributed by atoms with Crippen LogP contribution in [-0.4, -0.2) is 31.0 Å². The van der Waals surface area contributed by atoms with Gasteiger partial charge in [-0.3, -0.25) is 4.79 Å². The van der Waals surface area contributed by atoms with Crippen LogP contribution in [-0.2, 0) is 6.42 Å². The zero-order chi connectivity index (χ0) is 18.4. The number of carbonyl (C=O) groups is 1. The molecule has 0 unspecified atom stereocenters. The zero-order valence-electron chi connectivity index (χ0n) is 15.1. The van der Waals surface area contributed by atoms with Crippen LogP contribution in [0.15, 0.2) is 48.5 Å². The normalized spacial score (nSPS) is 14.7. The van der Waals surface area contributed by atoms with Crippen molar-refractivity contribution in [2.75, 3.05) is 20.2 Å². The van der Waals surface area contributed by atoms with E-state index in [9.17, 15) is 4.79 Å². The Bertz CT molecular complexity index is 785.